The molecule has 0 bridgehead atoms. The van der Waals surface area contributed by atoms with Gasteiger partial charge in [0.25, 0.3) is 0 Å². The smallest absolute Gasteiger partial charge is 0.306 e. The number of allylic oxidation sites excluding steroid dienone is 22. The van der Waals surface area contributed by atoms with Crippen LogP contribution in [0.1, 0.15) is 316 Å². The molecule has 0 aromatic carbocycles. The Balaban J connectivity index is 4.27. The van der Waals surface area contributed by atoms with Crippen molar-refractivity contribution >= 4 is 17.9 Å². The zero-order chi connectivity index (χ0) is 59.9. The summed E-state index contributed by atoms with van der Waals surface area (Å²) >= 11 is 0. The van der Waals surface area contributed by atoms with E-state index >= 15 is 0 Å². The summed E-state index contributed by atoms with van der Waals surface area (Å²) in [6, 6.07) is 0. The van der Waals surface area contributed by atoms with Gasteiger partial charge in [-0.2, -0.15) is 0 Å². The van der Waals surface area contributed by atoms with E-state index in [0.717, 1.165) is 135 Å². The fourth-order valence-electron chi connectivity index (χ4n) is 9.53. The van der Waals surface area contributed by atoms with Crippen molar-refractivity contribution < 1.29 is 28.6 Å². The molecule has 0 aliphatic heterocycles. The topological polar surface area (TPSA) is 78.9 Å². The van der Waals surface area contributed by atoms with E-state index in [9.17, 15) is 14.4 Å². The van der Waals surface area contributed by atoms with E-state index in [0.29, 0.717) is 12.8 Å². The van der Waals surface area contributed by atoms with E-state index in [1.807, 2.05) is 0 Å². The minimum Gasteiger partial charge on any atom is -0.462 e. The monoisotopic (exact) mass is 1150 g/mol. The summed E-state index contributed by atoms with van der Waals surface area (Å²) in [5, 5.41) is 0. The van der Waals surface area contributed by atoms with Crippen molar-refractivity contribution in [3.8, 4) is 0 Å². The molecule has 6 heteroatoms. The van der Waals surface area contributed by atoms with Crippen molar-refractivity contribution in [1.29, 1.82) is 0 Å². The predicted molar refractivity (Wildman–Crippen MR) is 362 cm³/mol. The Morgan fingerprint density at radius 3 is 0.747 bits per heavy atom. The third-order valence-electron chi connectivity index (χ3n) is 14.7. The summed E-state index contributed by atoms with van der Waals surface area (Å²) in [6.07, 6.45) is 99.0. The third-order valence-corrected chi connectivity index (χ3v) is 14.7. The fraction of sp³-hybridized carbons (Fsp3) is 0.675. The summed E-state index contributed by atoms with van der Waals surface area (Å²) in [6.45, 7) is 6.41. The summed E-state index contributed by atoms with van der Waals surface area (Å²) in [5.41, 5.74) is 0. The molecule has 472 valence electrons. The van der Waals surface area contributed by atoms with E-state index in [1.54, 1.807) is 0 Å². The van der Waals surface area contributed by atoms with Gasteiger partial charge in [0.05, 0.1) is 0 Å². The van der Waals surface area contributed by atoms with Gasteiger partial charge in [0.1, 0.15) is 13.2 Å². The second kappa shape index (κ2) is 70.0. The third kappa shape index (κ3) is 68.2. The van der Waals surface area contributed by atoms with Crippen LogP contribution in [0, 0.1) is 0 Å². The Morgan fingerprint density at radius 1 is 0.253 bits per heavy atom. The van der Waals surface area contributed by atoms with Gasteiger partial charge in [-0.1, -0.05) is 315 Å². The van der Waals surface area contributed by atoms with Crippen molar-refractivity contribution in [3.05, 3.63) is 134 Å². The molecule has 0 radical (unpaired) electrons. The number of hydrogen-bond acceptors (Lipinski definition) is 6. The molecular weight excluding hydrogens is 1020 g/mol. The van der Waals surface area contributed by atoms with Gasteiger partial charge in [0.15, 0.2) is 6.10 Å². The molecule has 0 fully saturated rings. The average molecular weight is 1150 g/mol. The highest BCUT2D eigenvalue weighted by atomic mass is 16.6. The van der Waals surface area contributed by atoms with E-state index in [4.69, 9.17) is 14.2 Å². The molecule has 0 spiro atoms. The van der Waals surface area contributed by atoms with E-state index in [1.165, 1.54) is 141 Å². The highest BCUT2D eigenvalue weighted by Crippen LogP contribution is 2.17. The number of hydrogen-bond donors (Lipinski definition) is 0. The van der Waals surface area contributed by atoms with Crippen LogP contribution in [-0.4, -0.2) is 37.2 Å². The lowest BCUT2D eigenvalue weighted by Crippen LogP contribution is -2.30. The molecule has 0 aliphatic rings. The minimum atomic E-state index is -0.798. The van der Waals surface area contributed by atoms with Crippen molar-refractivity contribution in [2.45, 2.75) is 322 Å². The standard InChI is InChI=1S/C77H128O6/c1-4-7-10-13-16-19-22-25-27-29-31-32-33-34-35-36-37-38-39-40-41-42-43-44-46-47-49-52-55-58-61-64-67-70-76(79)82-73-74(72-81-75(78)69-66-63-60-57-54-51-24-21-18-15-12-9-6-3)83-77(80)71-68-65-62-59-56-53-50-48-45-30-28-26-23-20-17-14-11-8-5-2/h7-8,10-11,16-17,19-20,25-28,31-32,34-35,37-38,45,48,53,56,74H,4-6,9,12-15,18,21-24,29-30,33,36,39-44,46-47,49-52,54-55,57-73H2,1-3H3/b10-7-,11-8-,19-16-,20-17-,27-25-,28-26-,32-31-,35-34-,38-37-,48-45-,56-53-. The molecule has 0 aliphatic carbocycles. The van der Waals surface area contributed by atoms with Crippen LogP contribution in [0.3, 0.4) is 0 Å². The average Bonchev–Trinajstić information content (AvgIpc) is 3.49. The SMILES string of the molecule is CC/C=C\C/C=C\C/C=C\C/C=C\C/C=C\C/C=C\CCCCCCCCCCCCCCCCC(=O)OCC(COC(=O)CCCCCCCCCCCCCCC)OC(=O)CCCCC/C=C\C/C=C\C/C=C\C/C=C\C/C=C\CC. The molecule has 6 nitrogen and oxygen atoms in total. The first kappa shape index (κ1) is 78.5. The summed E-state index contributed by atoms with van der Waals surface area (Å²) in [4.78, 5) is 38.4. The van der Waals surface area contributed by atoms with Gasteiger partial charge in [-0.3, -0.25) is 14.4 Å². The Hall–Kier alpha value is -4.45. The molecule has 83 heavy (non-hydrogen) atoms. The van der Waals surface area contributed by atoms with Crippen molar-refractivity contribution in [3.63, 3.8) is 0 Å². The van der Waals surface area contributed by atoms with Crippen molar-refractivity contribution in [1.82, 2.24) is 0 Å². The Bertz CT molecular complexity index is 1750. The number of unbranched alkanes of at least 4 members (excludes halogenated alkanes) is 29. The molecule has 0 amide bonds. The van der Waals surface area contributed by atoms with Gasteiger partial charge < -0.3 is 14.2 Å². The molecule has 0 heterocycles. The van der Waals surface area contributed by atoms with Gasteiger partial charge in [0.2, 0.25) is 0 Å². The first-order valence-electron chi connectivity index (χ1n) is 34.7. The molecule has 1 unspecified atom stereocenters. The quantitative estimate of drug-likeness (QED) is 0.0261. The Morgan fingerprint density at radius 2 is 0.470 bits per heavy atom. The van der Waals surface area contributed by atoms with Gasteiger partial charge in [-0.15, -0.1) is 0 Å². The first-order valence-corrected chi connectivity index (χ1v) is 34.7. The van der Waals surface area contributed by atoms with Crippen LogP contribution < -0.4 is 0 Å². The summed E-state index contributed by atoms with van der Waals surface area (Å²) in [7, 11) is 0. The zero-order valence-corrected chi connectivity index (χ0v) is 54.2. The lowest BCUT2D eigenvalue weighted by molar-refractivity contribution is -0.167. The predicted octanol–water partition coefficient (Wildman–Crippen LogP) is 24.1. The minimum absolute atomic E-state index is 0.0906. The molecule has 0 rings (SSSR count). The second-order valence-corrected chi connectivity index (χ2v) is 22.7. The first-order chi connectivity index (χ1) is 41.0. The maximum absolute atomic E-state index is 12.9. The van der Waals surface area contributed by atoms with Crippen LogP contribution in [0.4, 0.5) is 0 Å². The van der Waals surface area contributed by atoms with Gasteiger partial charge in [-0.05, 0) is 116 Å². The number of carbonyl (C=O) groups is 3. The second-order valence-electron chi connectivity index (χ2n) is 22.7. The zero-order valence-electron chi connectivity index (χ0n) is 54.2. The Kier molecular flexibility index (Phi) is 66.3. The van der Waals surface area contributed by atoms with Crippen LogP contribution in [0.2, 0.25) is 0 Å². The van der Waals surface area contributed by atoms with Crippen LogP contribution in [-0.2, 0) is 28.6 Å². The van der Waals surface area contributed by atoms with Crippen LogP contribution in [0.25, 0.3) is 0 Å². The molecular formula is C77H128O6. The highest BCUT2D eigenvalue weighted by molar-refractivity contribution is 5.71. The van der Waals surface area contributed by atoms with Crippen molar-refractivity contribution in [2.24, 2.45) is 0 Å². The van der Waals surface area contributed by atoms with Crippen LogP contribution in [0.15, 0.2) is 134 Å². The summed E-state index contributed by atoms with van der Waals surface area (Å²) in [5.74, 6) is -0.915. The van der Waals surface area contributed by atoms with Gasteiger partial charge in [-0.25, -0.2) is 0 Å². The molecule has 0 saturated carbocycles. The largest absolute Gasteiger partial charge is 0.462 e. The molecule has 0 N–H and O–H groups in total. The van der Waals surface area contributed by atoms with Crippen LogP contribution >= 0.6 is 0 Å². The maximum Gasteiger partial charge on any atom is 0.306 e. The maximum atomic E-state index is 12.9. The van der Waals surface area contributed by atoms with E-state index in [-0.39, 0.29) is 37.5 Å². The van der Waals surface area contributed by atoms with Crippen molar-refractivity contribution in [2.75, 3.05) is 13.2 Å². The normalized spacial score (nSPS) is 13.0. The number of carbonyl (C=O) groups excluding carboxylic acids is 3. The Labute approximate surface area is 513 Å². The van der Waals surface area contributed by atoms with E-state index < -0.39 is 6.10 Å². The highest BCUT2D eigenvalue weighted by Gasteiger charge is 2.19. The molecule has 0 saturated heterocycles. The fourth-order valence-corrected chi connectivity index (χ4v) is 9.53. The lowest BCUT2D eigenvalue weighted by Gasteiger charge is -2.18. The molecule has 0 aromatic heterocycles. The van der Waals surface area contributed by atoms with E-state index in [2.05, 4.69) is 154 Å². The lowest BCUT2D eigenvalue weighted by atomic mass is 10.0. The van der Waals surface area contributed by atoms with Gasteiger partial charge in [0, 0.05) is 19.3 Å². The van der Waals surface area contributed by atoms with Gasteiger partial charge >= 0.3 is 17.9 Å². The number of ether oxygens (including phenoxy) is 3. The number of rotatable bonds is 62. The summed E-state index contributed by atoms with van der Waals surface area (Å²) < 4.78 is 16.9. The number of esters is 3. The molecule has 1 atom stereocenters. The molecule has 0 aromatic rings. The van der Waals surface area contributed by atoms with Crippen LogP contribution in [0.5, 0.6) is 0 Å².